The minimum atomic E-state index is -0.761. The number of carbonyl (C=O) groups is 2. The molecule has 1 aliphatic heterocycles. The van der Waals surface area contributed by atoms with E-state index in [1.165, 1.54) is 4.90 Å². The summed E-state index contributed by atoms with van der Waals surface area (Å²) in [5.74, 6) is -0.957. The Morgan fingerprint density at radius 1 is 1.16 bits per heavy atom. The average Bonchev–Trinajstić information content (AvgIpc) is 3.28. The van der Waals surface area contributed by atoms with Gasteiger partial charge in [-0.05, 0) is 38.5 Å². The van der Waals surface area contributed by atoms with Gasteiger partial charge in [0.15, 0.2) is 11.5 Å². The highest BCUT2D eigenvalue weighted by molar-refractivity contribution is 6.16. The molecule has 6 nitrogen and oxygen atoms in total. The summed E-state index contributed by atoms with van der Waals surface area (Å²) in [6, 6.07) is 15.5. The molecule has 160 valence electrons. The number of benzene rings is 2. The fourth-order valence-electron chi connectivity index (χ4n) is 3.97. The molecule has 0 spiro atoms. The van der Waals surface area contributed by atoms with Crippen molar-refractivity contribution < 1.29 is 23.8 Å². The lowest BCUT2D eigenvalue weighted by molar-refractivity contribution is -0.129. The number of furan rings is 1. The van der Waals surface area contributed by atoms with Crippen LogP contribution >= 0.6 is 0 Å². The van der Waals surface area contributed by atoms with Crippen LogP contribution in [-0.2, 0) is 4.79 Å². The number of nitrogens with zero attached hydrogens (tertiary/aromatic N) is 1. The van der Waals surface area contributed by atoms with Gasteiger partial charge in [-0.2, -0.15) is 0 Å². The summed E-state index contributed by atoms with van der Waals surface area (Å²) in [5.41, 5.74) is 1.24. The van der Waals surface area contributed by atoms with Crippen LogP contribution in [0.25, 0.3) is 11.0 Å². The first kappa shape index (κ1) is 20.7. The van der Waals surface area contributed by atoms with Gasteiger partial charge in [-0.1, -0.05) is 43.3 Å². The molecule has 1 amide bonds. The molecule has 3 aromatic rings. The molecule has 6 heteroatoms. The molecule has 1 atom stereocenters. The minimum absolute atomic E-state index is 0.0114. The Hall–Kier alpha value is -3.54. The van der Waals surface area contributed by atoms with Crippen LogP contribution in [0.15, 0.2) is 70.3 Å². The van der Waals surface area contributed by atoms with Crippen molar-refractivity contribution in [2.75, 3.05) is 6.54 Å². The highest BCUT2D eigenvalue weighted by atomic mass is 16.5. The monoisotopic (exact) mass is 419 g/mol. The lowest BCUT2D eigenvalue weighted by Crippen LogP contribution is -2.32. The van der Waals surface area contributed by atoms with Crippen molar-refractivity contribution in [1.29, 1.82) is 0 Å². The van der Waals surface area contributed by atoms with Gasteiger partial charge in [0.05, 0.1) is 17.7 Å². The number of aliphatic hydroxyl groups excluding tert-OH is 1. The molecule has 1 unspecified atom stereocenters. The fourth-order valence-corrected chi connectivity index (χ4v) is 3.97. The van der Waals surface area contributed by atoms with E-state index in [1.807, 2.05) is 63.2 Å². The topological polar surface area (TPSA) is 80.0 Å². The summed E-state index contributed by atoms with van der Waals surface area (Å²) >= 11 is 0. The Kier molecular flexibility index (Phi) is 5.55. The number of fused-ring (bicyclic) bond motifs is 1. The van der Waals surface area contributed by atoms with Gasteiger partial charge in [-0.3, -0.25) is 9.59 Å². The van der Waals surface area contributed by atoms with Crippen LogP contribution in [0.5, 0.6) is 5.75 Å². The SMILES string of the molecule is CCCN1C(=O)C(O)=C(C(=O)c2cc3ccccc3o2)C1c1ccccc1OC(C)C. The van der Waals surface area contributed by atoms with Gasteiger partial charge in [-0.25, -0.2) is 0 Å². The maximum Gasteiger partial charge on any atom is 0.290 e. The number of ether oxygens (including phenoxy) is 1. The third-order valence-electron chi connectivity index (χ3n) is 5.24. The van der Waals surface area contributed by atoms with Gasteiger partial charge >= 0.3 is 0 Å². The van der Waals surface area contributed by atoms with Crippen LogP contribution in [0.4, 0.5) is 0 Å². The predicted octanol–water partition coefficient (Wildman–Crippen LogP) is 5.21. The second-order valence-electron chi connectivity index (χ2n) is 7.85. The number of ketones is 1. The van der Waals surface area contributed by atoms with Crippen molar-refractivity contribution in [2.24, 2.45) is 0 Å². The highest BCUT2D eigenvalue weighted by Gasteiger charge is 2.45. The maximum atomic E-state index is 13.5. The molecule has 0 fully saturated rings. The number of hydrogen-bond donors (Lipinski definition) is 1. The van der Waals surface area contributed by atoms with Crippen molar-refractivity contribution in [3.05, 3.63) is 77.3 Å². The lowest BCUT2D eigenvalue weighted by atomic mass is 9.94. The largest absolute Gasteiger partial charge is 0.503 e. The molecule has 0 radical (unpaired) electrons. The normalized spacial score (nSPS) is 16.6. The predicted molar refractivity (Wildman–Crippen MR) is 117 cm³/mol. The summed E-state index contributed by atoms with van der Waals surface area (Å²) in [5, 5.41) is 11.5. The van der Waals surface area contributed by atoms with Crippen LogP contribution in [0.3, 0.4) is 0 Å². The number of rotatable bonds is 7. The third kappa shape index (κ3) is 3.69. The van der Waals surface area contributed by atoms with Crippen molar-refractivity contribution in [1.82, 2.24) is 4.90 Å². The van der Waals surface area contributed by atoms with Crippen LogP contribution in [0.1, 0.15) is 49.4 Å². The van der Waals surface area contributed by atoms with Crippen LogP contribution in [0.2, 0.25) is 0 Å². The van der Waals surface area contributed by atoms with Crippen molar-refractivity contribution in [2.45, 2.75) is 39.3 Å². The Balaban J connectivity index is 1.84. The van der Waals surface area contributed by atoms with Crippen molar-refractivity contribution >= 4 is 22.7 Å². The number of hydrogen-bond acceptors (Lipinski definition) is 5. The second kappa shape index (κ2) is 8.30. The van der Waals surface area contributed by atoms with Gasteiger partial charge < -0.3 is 19.2 Å². The molecule has 1 N–H and O–H groups in total. The van der Waals surface area contributed by atoms with E-state index in [9.17, 15) is 14.7 Å². The Labute approximate surface area is 180 Å². The zero-order valence-corrected chi connectivity index (χ0v) is 17.8. The molecular formula is C25H25NO5. The molecule has 0 saturated carbocycles. The van der Waals surface area contributed by atoms with E-state index in [-0.39, 0.29) is 17.4 Å². The maximum absolute atomic E-state index is 13.5. The smallest absolute Gasteiger partial charge is 0.290 e. The van der Waals surface area contributed by atoms with Crippen molar-refractivity contribution in [3.63, 3.8) is 0 Å². The van der Waals surface area contributed by atoms with E-state index in [0.29, 0.717) is 29.9 Å². The highest BCUT2D eigenvalue weighted by Crippen LogP contribution is 2.43. The van der Waals surface area contributed by atoms with Gasteiger partial charge in [0.25, 0.3) is 5.91 Å². The minimum Gasteiger partial charge on any atom is -0.503 e. The first-order valence-electron chi connectivity index (χ1n) is 10.4. The molecule has 1 aliphatic rings. The van der Waals surface area contributed by atoms with Gasteiger partial charge in [0.1, 0.15) is 11.3 Å². The lowest BCUT2D eigenvalue weighted by Gasteiger charge is -2.28. The summed E-state index contributed by atoms with van der Waals surface area (Å²) in [4.78, 5) is 28.0. The first-order valence-corrected chi connectivity index (χ1v) is 10.4. The Morgan fingerprint density at radius 2 is 1.87 bits per heavy atom. The van der Waals surface area contributed by atoms with Gasteiger partial charge in [0, 0.05) is 17.5 Å². The molecule has 0 bridgehead atoms. The van der Waals surface area contributed by atoms with Crippen LogP contribution < -0.4 is 4.74 Å². The third-order valence-corrected chi connectivity index (χ3v) is 5.24. The zero-order valence-electron chi connectivity index (χ0n) is 17.8. The number of para-hydroxylation sites is 2. The summed E-state index contributed by atoms with van der Waals surface area (Å²) in [6.45, 7) is 6.15. The van der Waals surface area contributed by atoms with E-state index in [1.54, 1.807) is 12.1 Å². The molecule has 2 heterocycles. The standard InChI is InChI=1S/C25H25NO5/c1-4-13-26-22(17-10-6-8-12-19(17)30-15(2)3)21(24(28)25(26)29)23(27)20-14-16-9-5-7-11-18(16)31-20/h5-12,14-15,22,28H,4,13H2,1-3H3. The summed E-state index contributed by atoms with van der Waals surface area (Å²) < 4.78 is 11.7. The van der Waals surface area contributed by atoms with Crippen LogP contribution in [-0.4, -0.2) is 34.3 Å². The molecule has 4 rings (SSSR count). The molecule has 0 aliphatic carbocycles. The Morgan fingerprint density at radius 3 is 2.58 bits per heavy atom. The van der Waals surface area contributed by atoms with Crippen molar-refractivity contribution in [3.8, 4) is 5.75 Å². The molecule has 0 saturated heterocycles. The van der Waals surface area contributed by atoms with E-state index in [0.717, 1.165) is 5.39 Å². The quantitative estimate of drug-likeness (QED) is 0.532. The second-order valence-corrected chi connectivity index (χ2v) is 7.85. The van der Waals surface area contributed by atoms with E-state index in [2.05, 4.69) is 0 Å². The summed E-state index contributed by atoms with van der Waals surface area (Å²) in [6.07, 6.45) is 0.583. The molecule has 1 aromatic heterocycles. The van der Waals surface area contributed by atoms with Crippen LogP contribution in [0, 0.1) is 0 Å². The fraction of sp³-hybridized carbons (Fsp3) is 0.280. The number of aliphatic hydroxyl groups is 1. The number of Topliss-reactive ketones (excluding diaryl/α,β-unsaturated/α-hetero) is 1. The molecular weight excluding hydrogens is 394 g/mol. The number of amides is 1. The van der Waals surface area contributed by atoms with E-state index < -0.39 is 23.5 Å². The summed E-state index contributed by atoms with van der Waals surface area (Å²) in [7, 11) is 0. The first-order chi connectivity index (χ1) is 14.9. The zero-order chi connectivity index (χ0) is 22.1. The average molecular weight is 419 g/mol. The van der Waals surface area contributed by atoms with E-state index >= 15 is 0 Å². The molecule has 2 aromatic carbocycles. The van der Waals surface area contributed by atoms with Gasteiger partial charge in [-0.15, -0.1) is 0 Å². The molecule has 31 heavy (non-hydrogen) atoms. The van der Waals surface area contributed by atoms with E-state index in [4.69, 9.17) is 9.15 Å². The van der Waals surface area contributed by atoms with Gasteiger partial charge in [0.2, 0.25) is 5.78 Å². The Bertz CT molecular complexity index is 1140. The number of carbonyl (C=O) groups excluding carboxylic acids is 2.